The van der Waals surface area contributed by atoms with Gasteiger partial charge in [0.25, 0.3) is 0 Å². The van der Waals surface area contributed by atoms with E-state index in [4.69, 9.17) is 11.5 Å². The van der Waals surface area contributed by atoms with Gasteiger partial charge in [0.2, 0.25) is 15.9 Å². The summed E-state index contributed by atoms with van der Waals surface area (Å²) in [5.41, 5.74) is 10.6. The number of sulfonamides is 1. The minimum atomic E-state index is -3.88. The molecule has 0 atom stereocenters. The number of rotatable bonds is 4. The van der Waals surface area contributed by atoms with Gasteiger partial charge in [0.1, 0.15) is 10.4 Å². The third-order valence-electron chi connectivity index (χ3n) is 2.96. The maximum Gasteiger partial charge on any atom is 0.243 e. The van der Waals surface area contributed by atoms with Crippen LogP contribution in [0.3, 0.4) is 0 Å². The van der Waals surface area contributed by atoms with E-state index in [2.05, 4.69) is 9.71 Å². The normalized spacial score (nSPS) is 12.7. The number of carbonyl (C=O) groups excluding carboxylic acids is 1. The van der Waals surface area contributed by atoms with Gasteiger partial charge in [-0.15, -0.1) is 0 Å². The van der Waals surface area contributed by atoms with Gasteiger partial charge in [-0.3, -0.25) is 4.79 Å². The number of hydrogen-bond donors (Lipinski definition) is 4. The van der Waals surface area contributed by atoms with E-state index in [0.717, 1.165) is 0 Å². The topological polar surface area (TPSA) is 131 Å². The van der Waals surface area contributed by atoms with Gasteiger partial charge in [0.05, 0.1) is 0 Å². The average Bonchev–Trinajstić information content (AvgIpc) is 2.70. The van der Waals surface area contributed by atoms with Gasteiger partial charge in [-0.25, -0.2) is 8.42 Å². The molecule has 0 radical (unpaired) electrons. The molecule has 1 heterocycles. The third kappa shape index (κ3) is 2.47. The molecule has 0 spiro atoms. The molecule has 0 unspecified atom stereocenters. The Bertz CT molecular complexity index is 777. The molecule has 1 aromatic heterocycles. The second-order valence-corrected chi connectivity index (χ2v) is 6.70. The molecule has 6 N–H and O–H groups in total. The number of H-pyrrole nitrogens is 1. The van der Waals surface area contributed by atoms with Crippen LogP contribution in [0.2, 0.25) is 0 Å². The lowest BCUT2D eigenvalue weighted by Gasteiger charge is -2.21. The summed E-state index contributed by atoms with van der Waals surface area (Å²) in [5.74, 6) is -0.759. The lowest BCUT2D eigenvalue weighted by atomic mass is 10.1. The number of primary amides is 1. The van der Waals surface area contributed by atoms with Crippen molar-refractivity contribution in [3.63, 3.8) is 0 Å². The number of nitrogen functional groups attached to an aromatic ring is 1. The maximum absolute atomic E-state index is 12.3. The molecule has 0 saturated carbocycles. The molecule has 108 valence electrons. The molecule has 0 aliphatic heterocycles. The van der Waals surface area contributed by atoms with Crippen molar-refractivity contribution in [2.75, 3.05) is 5.73 Å². The summed E-state index contributed by atoms with van der Waals surface area (Å²) in [6.45, 7) is 2.80. The Morgan fingerprint density at radius 2 is 2.00 bits per heavy atom. The Morgan fingerprint density at radius 3 is 2.60 bits per heavy atom. The SMILES string of the molecule is CC(C)(NS(=O)(=O)c1c[nH]c2cc(N)ccc12)C(N)=O. The molecule has 8 heteroatoms. The van der Waals surface area contributed by atoms with Crippen molar-refractivity contribution in [2.45, 2.75) is 24.3 Å². The number of fused-ring (bicyclic) bond motifs is 1. The Morgan fingerprint density at radius 1 is 1.35 bits per heavy atom. The Kier molecular flexibility index (Phi) is 3.23. The van der Waals surface area contributed by atoms with E-state index in [-0.39, 0.29) is 4.90 Å². The van der Waals surface area contributed by atoms with Crippen LogP contribution >= 0.6 is 0 Å². The number of aromatic amines is 1. The van der Waals surface area contributed by atoms with Gasteiger partial charge < -0.3 is 16.5 Å². The Balaban J connectivity index is 2.50. The molecule has 20 heavy (non-hydrogen) atoms. The van der Waals surface area contributed by atoms with Crippen molar-refractivity contribution in [2.24, 2.45) is 5.73 Å². The molecule has 0 fully saturated rings. The highest BCUT2D eigenvalue weighted by atomic mass is 32.2. The van der Waals surface area contributed by atoms with Gasteiger partial charge in [0, 0.05) is 22.8 Å². The van der Waals surface area contributed by atoms with Crippen molar-refractivity contribution in [1.82, 2.24) is 9.71 Å². The summed E-state index contributed by atoms with van der Waals surface area (Å²) in [5, 5.41) is 0.493. The highest BCUT2D eigenvalue weighted by molar-refractivity contribution is 7.89. The molecule has 0 saturated heterocycles. The summed E-state index contributed by atoms with van der Waals surface area (Å²) >= 11 is 0. The fraction of sp³-hybridized carbons (Fsp3) is 0.250. The number of benzene rings is 1. The number of carbonyl (C=O) groups is 1. The lowest BCUT2D eigenvalue weighted by Crippen LogP contribution is -2.52. The van der Waals surface area contributed by atoms with Crippen LogP contribution in [0.15, 0.2) is 29.3 Å². The number of amides is 1. The highest BCUT2D eigenvalue weighted by Crippen LogP contribution is 2.25. The molecule has 2 aromatic rings. The van der Waals surface area contributed by atoms with Gasteiger partial charge in [-0.1, -0.05) is 0 Å². The maximum atomic E-state index is 12.3. The summed E-state index contributed by atoms with van der Waals surface area (Å²) < 4.78 is 27.0. The minimum Gasteiger partial charge on any atom is -0.399 e. The predicted octanol–water partition coefficient (Wildman–Crippen LogP) is 0.292. The van der Waals surface area contributed by atoms with Crippen LogP contribution < -0.4 is 16.2 Å². The number of nitrogens with one attached hydrogen (secondary N) is 2. The van der Waals surface area contributed by atoms with Crippen LogP contribution in [0.25, 0.3) is 10.9 Å². The van der Waals surface area contributed by atoms with Crippen molar-refractivity contribution >= 4 is 32.5 Å². The monoisotopic (exact) mass is 296 g/mol. The first-order valence-electron chi connectivity index (χ1n) is 5.84. The van der Waals surface area contributed by atoms with Crippen LogP contribution in [-0.4, -0.2) is 24.8 Å². The van der Waals surface area contributed by atoms with Crippen molar-refractivity contribution in [3.05, 3.63) is 24.4 Å². The second kappa shape index (κ2) is 4.50. The number of aromatic nitrogens is 1. The van der Waals surface area contributed by atoms with E-state index in [1.165, 1.54) is 20.0 Å². The van der Waals surface area contributed by atoms with E-state index < -0.39 is 21.5 Å². The fourth-order valence-corrected chi connectivity index (χ4v) is 3.34. The summed E-state index contributed by atoms with van der Waals surface area (Å²) in [7, 11) is -3.88. The zero-order valence-corrected chi connectivity index (χ0v) is 11.9. The van der Waals surface area contributed by atoms with Crippen molar-refractivity contribution < 1.29 is 13.2 Å². The number of anilines is 1. The van der Waals surface area contributed by atoms with Crippen molar-refractivity contribution in [1.29, 1.82) is 0 Å². The largest absolute Gasteiger partial charge is 0.399 e. The van der Waals surface area contributed by atoms with Crippen LogP contribution in [0.1, 0.15) is 13.8 Å². The molecule has 1 amide bonds. The van der Waals surface area contributed by atoms with E-state index in [0.29, 0.717) is 16.6 Å². The van der Waals surface area contributed by atoms with E-state index in [9.17, 15) is 13.2 Å². The first-order valence-corrected chi connectivity index (χ1v) is 7.32. The lowest BCUT2D eigenvalue weighted by molar-refractivity contribution is -0.122. The zero-order valence-electron chi connectivity index (χ0n) is 11.1. The Labute approximate surface area is 116 Å². The molecule has 1 aromatic carbocycles. The summed E-state index contributed by atoms with van der Waals surface area (Å²) in [6.07, 6.45) is 1.35. The highest BCUT2D eigenvalue weighted by Gasteiger charge is 2.32. The van der Waals surface area contributed by atoms with Crippen LogP contribution in [0, 0.1) is 0 Å². The van der Waals surface area contributed by atoms with Crippen molar-refractivity contribution in [3.8, 4) is 0 Å². The molecular formula is C12H16N4O3S. The number of hydrogen-bond acceptors (Lipinski definition) is 4. The first-order chi connectivity index (χ1) is 9.13. The number of nitrogens with two attached hydrogens (primary N) is 2. The van der Waals surface area contributed by atoms with E-state index >= 15 is 0 Å². The van der Waals surface area contributed by atoms with E-state index in [1.54, 1.807) is 18.2 Å². The minimum absolute atomic E-state index is 0.0434. The van der Waals surface area contributed by atoms with Gasteiger partial charge >= 0.3 is 0 Å². The molecule has 0 aliphatic carbocycles. The van der Waals surface area contributed by atoms with Gasteiger partial charge in [-0.2, -0.15) is 4.72 Å². The smallest absolute Gasteiger partial charge is 0.243 e. The molecular weight excluding hydrogens is 280 g/mol. The van der Waals surface area contributed by atoms with Crippen LogP contribution in [-0.2, 0) is 14.8 Å². The molecule has 7 nitrogen and oxygen atoms in total. The average molecular weight is 296 g/mol. The molecule has 2 rings (SSSR count). The standard InChI is InChI=1S/C12H16N4O3S/c1-12(2,11(14)17)16-20(18,19)10-6-15-9-5-7(13)3-4-8(9)10/h3-6,15-16H,13H2,1-2H3,(H2,14,17). The Hall–Kier alpha value is -2.06. The van der Waals surface area contributed by atoms with Gasteiger partial charge in [-0.05, 0) is 32.0 Å². The molecule has 0 bridgehead atoms. The van der Waals surface area contributed by atoms with E-state index in [1.807, 2.05) is 0 Å². The summed E-state index contributed by atoms with van der Waals surface area (Å²) in [6, 6.07) is 4.84. The van der Waals surface area contributed by atoms with Gasteiger partial charge in [0.15, 0.2) is 0 Å². The summed E-state index contributed by atoms with van der Waals surface area (Å²) in [4.78, 5) is 14.1. The first kappa shape index (κ1) is 14.4. The third-order valence-corrected chi connectivity index (χ3v) is 4.66. The second-order valence-electron chi connectivity index (χ2n) is 5.05. The van der Waals surface area contributed by atoms with Crippen LogP contribution in [0.5, 0.6) is 0 Å². The fourth-order valence-electron chi connectivity index (χ4n) is 1.78. The predicted molar refractivity (Wildman–Crippen MR) is 76.3 cm³/mol. The zero-order chi connectivity index (χ0) is 15.1. The van der Waals surface area contributed by atoms with Crippen LogP contribution in [0.4, 0.5) is 5.69 Å². The molecule has 0 aliphatic rings. The quantitative estimate of drug-likeness (QED) is 0.604.